The maximum Gasteiger partial charge on any atom is 0.417 e. The fourth-order valence-corrected chi connectivity index (χ4v) is 3.45. The van der Waals surface area contributed by atoms with Gasteiger partial charge in [0.15, 0.2) is 11.5 Å². The van der Waals surface area contributed by atoms with E-state index in [1.807, 2.05) is 24.0 Å². The van der Waals surface area contributed by atoms with Crippen LogP contribution in [0.1, 0.15) is 24.5 Å². The Balaban J connectivity index is 1.61. The Hall–Kier alpha value is -3.23. The first-order valence-electron chi connectivity index (χ1n) is 10.4. The average molecular weight is 449 g/mol. The zero-order valence-corrected chi connectivity index (χ0v) is 18.1. The van der Waals surface area contributed by atoms with Crippen molar-refractivity contribution in [2.24, 2.45) is 0 Å². The SMILES string of the molecule is CCOc1cc(C=CC(=O)N2CCCN(c3ccc(C(F)(F)F)cn3)CC2)ccc1OC. The summed E-state index contributed by atoms with van der Waals surface area (Å²) in [6.07, 6.45) is 0.373. The zero-order chi connectivity index (χ0) is 23.1. The number of hydrogen-bond acceptors (Lipinski definition) is 5. The molecule has 9 heteroatoms. The highest BCUT2D eigenvalue weighted by atomic mass is 19.4. The standard InChI is InChI=1S/C23H26F3N3O3/c1-3-32-20-15-17(5-8-19(20)31-2)6-10-22(30)29-12-4-11-28(13-14-29)21-9-7-18(16-27-21)23(24,25)26/h5-10,15-16H,3-4,11-14H2,1-2H3. The maximum absolute atomic E-state index is 12.7. The average Bonchev–Trinajstić information content (AvgIpc) is 3.04. The Bertz CT molecular complexity index is 946. The Morgan fingerprint density at radius 1 is 1.12 bits per heavy atom. The summed E-state index contributed by atoms with van der Waals surface area (Å²) < 4.78 is 49.1. The van der Waals surface area contributed by atoms with Crippen molar-refractivity contribution in [1.29, 1.82) is 0 Å². The van der Waals surface area contributed by atoms with E-state index in [9.17, 15) is 18.0 Å². The van der Waals surface area contributed by atoms with Gasteiger partial charge in [-0.2, -0.15) is 13.2 Å². The van der Waals surface area contributed by atoms with Crippen LogP contribution in [0.25, 0.3) is 6.08 Å². The van der Waals surface area contributed by atoms with Crippen molar-refractivity contribution in [3.05, 3.63) is 53.7 Å². The number of alkyl halides is 3. The van der Waals surface area contributed by atoms with Gasteiger partial charge in [-0.15, -0.1) is 0 Å². The predicted molar refractivity (Wildman–Crippen MR) is 116 cm³/mol. The number of rotatable bonds is 6. The molecule has 1 amide bonds. The summed E-state index contributed by atoms with van der Waals surface area (Å²) in [5.41, 5.74) is 0.0389. The molecule has 0 aliphatic carbocycles. The van der Waals surface area contributed by atoms with Gasteiger partial charge in [-0.05, 0) is 49.2 Å². The summed E-state index contributed by atoms with van der Waals surface area (Å²) in [5, 5.41) is 0. The van der Waals surface area contributed by atoms with Gasteiger partial charge < -0.3 is 19.3 Å². The molecule has 172 valence electrons. The third kappa shape index (κ3) is 5.93. The molecule has 1 aromatic heterocycles. The molecule has 3 rings (SSSR count). The number of aromatic nitrogens is 1. The van der Waals surface area contributed by atoms with Crippen LogP contribution in [-0.2, 0) is 11.0 Å². The smallest absolute Gasteiger partial charge is 0.417 e. The van der Waals surface area contributed by atoms with Crippen molar-refractivity contribution in [3.8, 4) is 11.5 Å². The van der Waals surface area contributed by atoms with Gasteiger partial charge in [0.05, 0.1) is 19.3 Å². The van der Waals surface area contributed by atoms with Gasteiger partial charge >= 0.3 is 6.18 Å². The molecule has 0 spiro atoms. The van der Waals surface area contributed by atoms with Gasteiger partial charge in [0.2, 0.25) is 5.91 Å². The minimum Gasteiger partial charge on any atom is -0.493 e. The molecule has 1 aliphatic heterocycles. The highest BCUT2D eigenvalue weighted by Crippen LogP contribution is 2.30. The van der Waals surface area contributed by atoms with Crippen LogP contribution >= 0.6 is 0 Å². The van der Waals surface area contributed by atoms with Crippen molar-refractivity contribution in [1.82, 2.24) is 9.88 Å². The number of amides is 1. The van der Waals surface area contributed by atoms with Crippen LogP contribution in [-0.4, -0.2) is 55.7 Å². The Labute approximate surface area is 185 Å². The number of ether oxygens (including phenoxy) is 2. The van der Waals surface area contributed by atoms with Gasteiger partial charge in [0.1, 0.15) is 5.82 Å². The molecule has 32 heavy (non-hydrogen) atoms. The Kier molecular flexibility index (Phi) is 7.61. The molecule has 0 radical (unpaired) electrons. The topological polar surface area (TPSA) is 54.9 Å². The molecule has 0 bridgehead atoms. The number of methoxy groups -OCH3 is 1. The van der Waals surface area contributed by atoms with E-state index < -0.39 is 11.7 Å². The third-order valence-electron chi connectivity index (χ3n) is 5.11. The van der Waals surface area contributed by atoms with E-state index in [0.29, 0.717) is 56.5 Å². The molecule has 1 saturated heterocycles. The lowest BCUT2D eigenvalue weighted by Gasteiger charge is -2.22. The molecular formula is C23H26F3N3O3. The summed E-state index contributed by atoms with van der Waals surface area (Å²) >= 11 is 0. The summed E-state index contributed by atoms with van der Waals surface area (Å²) in [7, 11) is 1.57. The van der Waals surface area contributed by atoms with Gasteiger partial charge in [-0.3, -0.25) is 4.79 Å². The molecule has 1 fully saturated rings. The number of hydrogen-bond donors (Lipinski definition) is 0. The minimum absolute atomic E-state index is 0.124. The molecule has 0 N–H and O–H groups in total. The Morgan fingerprint density at radius 3 is 2.59 bits per heavy atom. The lowest BCUT2D eigenvalue weighted by atomic mass is 10.2. The first kappa shape index (κ1) is 23.4. The lowest BCUT2D eigenvalue weighted by molar-refractivity contribution is -0.137. The van der Waals surface area contributed by atoms with Crippen molar-refractivity contribution < 1.29 is 27.4 Å². The van der Waals surface area contributed by atoms with Crippen molar-refractivity contribution >= 4 is 17.8 Å². The summed E-state index contributed by atoms with van der Waals surface area (Å²) in [6, 6.07) is 7.85. The Morgan fingerprint density at radius 2 is 1.94 bits per heavy atom. The van der Waals surface area contributed by atoms with Crippen LogP contribution in [0.15, 0.2) is 42.6 Å². The number of anilines is 1. The van der Waals surface area contributed by atoms with Crippen molar-refractivity contribution in [2.75, 3.05) is 44.8 Å². The number of halogens is 3. The quantitative estimate of drug-likeness (QED) is 0.617. The highest BCUT2D eigenvalue weighted by Gasteiger charge is 2.31. The number of nitrogens with zero attached hydrogens (tertiary/aromatic N) is 3. The monoisotopic (exact) mass is 449 g/mol. The molecule has 1 aliphatic rings. The normalized spacial score (nSPS) is 15.0. The molecular weight excluding hydrogens is 423 g/mol. The van der Waals surface area contributed by atoms with Crippen LogP contribution in [0.5, 0.6) is 11.5 Å². The highest BCUT2D eigenvalue weighted by molar-refractivity contribution is 5.92. The summed E-state index contributed by atoms with van der Waals surface area (Å²) in [4.78, 5) is 20.3. The fraction of sp³-hybridized carbons (Fsp3) is 0.391. The van der Waals surface area contributed by atoms with Crippen molar-refractivity contribution in [2.45, 2.75) is 19.5 Å². The number of carbonyl (C=O) groups excluding carboxylic acids is 1. The molecule has 2 aromatic rings. The van der Waals surface area contributed by atoms with Crippen LogP contribution in [0.3, 0.4) is 0 Å². The summed E-state index contributed by atoms with van der Waals surface area (Å²) in [6.45, 7) is 4.51. The predicted octanol–water partition coefficient (Wildman–Crippen LogP) is 4.26. The van der Waals surface area contributed by atoms with E-state index in [0.717, 1.165) is 17.8 Å². The van der Waals surface area contributed by atoms with Crippen LogP contribution in [0.4, 0.5) is 19.0 Å². The molecule has 0 atom stereocenters. The molecule has 0 unspecified atom stereocenters. The van der Waals surface area contributed by atoms with E-state index in [4.69, 9.17) is 9.47 Å². The first-order chi connectivity index (χ1) is 15.3. The molecule has 2 heterocycles. The second-order valence-corrected chi connectivity index (χ2v) is 7.25. The molecule has 0 saturated carbocycles. The van der Waals surface area contributed by atoms with Crippen LogP contribution in [0.2, 0.25) is 0 Å². The number of benzene rings is 1. The third-order valence-corrected chi connectivity index (χ3v) is 5.11. The minimum atomic E-state index is -4.41. The van der Waals surface area contributed by atoms with Crippen LogP contribution < -0.4 is 14.4 Å². The maximum atomic E-state index is 12.7. The molecule has 6 nitrogen and oxygen atoms in total. The van der Waals surface area contributed by atoms with Gasteiger partial charge in [-0.25, -0.2) is 4.98 Å². The second kappa shape index (κ2) is 10.4. The van der Waals surface area contributed by atoms with E-state index >= 15 is 0 Å². The van der Waals surface area contributed by atoms with Crippen LogP contribution in [0, 0.1) is 0 Å². The number of carbonyl (C=O) groups is 1. The van der Waals surface area contributed by atoms with Gasteiger partial charge in [0, 0.05) is 38.5 Å². The second-order valence-electron chi connectivity index (χ2n) is 7.25. The summed E-state index contributed by atoms with van der Waals surface area (Å²) in [5.74, 6) is 1.59. The van der Waals surface area contributed by atoms with E-state index in [-0.39, 0.29) is 5.91 Å². The lowest BCUT2D eigenvalue weighted by Crippen LogP contribution is -2.34. The fourth-order valence-electron chi connectivity index (χ4n) is 3.45. The largest absolute Gasteiger partial charge is 0.493 e. The number of pyridine rings is 1. The van der Waals surface area contributed by atoms with Gasteiger partial charge in [0.25, 0.3) is 0 Å². The van der Waals surface area contributed by atoms with Gasteiger partial charge in [-0.1, -0.05) is 6.07 Å². The first-order valence-corrected chi connectivity index (χ1v) is 10.4. The van der Waals surface area contributed by atoms with Crippen molar-refractivity contribution in [3.63, 3.8) is 0 Å². The van der Waals surface area contributed by atoms with E-state index in [1.165, 1.54) is 12.1 Å². The zero-order valence-electron chi connectivity index (χ0n) is 18.1. The molecule has 1 aromatic carbocycles. The van der Waals surface area contributed by atoms with E-state index in [1.54, 1.807) is 24.2 Å². The van der Waals surface area contributed by atoms with E-state index in [2.05, 4.69) is 4.98 Å².